The van der Waals surface area contributed by atoms with Crippen molar-refractivity contribution < 1.29 is 5.11 Å². The molecule has 2 aromatic heterocycles. The highest BCUT2D eigenvalue weighted by atomic mass is 16.3. The van der Waals surface area contributed by atoms with Gasteiger partial charge in [0, 0.05) is 24.2 Å². The molecule has 0 aliphatic carbocycles. The monoisotopic (exact) mass is 385 g/mol. The number of aryl methyl sites for hydroxylation is 1. The first-order valence-corrected chi connectivity index (χ1v) is 9.93. The fraction of sp³-hybridized carbons (Fsp3) is 0.217. The molecule has 0 bridgehead atoms. The van der Waals surface area contributed by atoms with Crippen molar-refractivity contribution in [1.29, 1.82) is 0 Å². The van der Waals surface area contributed by atoms with Crippen LogP contribution in [0.25, 0.3) is 39.1 Å². The molecular formula is C23H23N5O. The van der Waals surface area contributed by atoms with E-state index in [2.05, 4.69) is 58.6 Å². The number of hydrogen-bond acceptors (Lipinski definition) is 4. The maximum absolute atomic E-state index is 9.78. The second-order valence-corrected chi connectivity index (χ2v) is 7.52. The van der Waals surface area contributed by atoms with Crippen molar-refractivity contribution >= 4 is 16.5 Å². The van der Waals surface area contributed by atoms with Gasteiger partial charge in [0.25, 0.3) is 0 Å². The van der Waals surface area contributed by atoms with Gasteiger partial charge in [0.1, 0.15) is 11.4 Å². The first kappa shape index (κ1) is 17.7. The summed E-state index contributed by atoms with van der Waals surface area (Å²) in [5.41, 5.74) is 7.29. The number of aromatic hydroxyl groups is 1. The SMILES string of the molecule is CCc1cc(O)ccc1-c1ccc2c(-c3nc(C4=CC(C)NC4)c[nH]3)n[nH]c2c1. The fourth-order valence-electron chi connectivity index (χ4n) is 4.00. The Morgan fingerprint density at radius 3 is 2.86 bits per heavy atom. The van der Waals surface area contributed by atoms with Crippen LogP contribution in [0.3, 0.4) is 0 Å². The van der Waals surface area contributed by atoms with Crippen molar-refractivity contribution in [2.45, 2.75) is 26.3 Å². The molecule has 6 heteroatoms. The van der Waals surface area contributed by atoms with Crippen molar-refractivity contribution in [2.24, 2.45) is 0 Å². The second-order valence-electron chi connectivity index (χ2n) is 7.52. The van der Waals surface area contributed by atoms with Crippen LogP contribution in [0.15, 0.2) is 48.7 Å². The highest BCUT2D eigenvalue weighted by Gasteiger charge is 2.17. The lowest BCUT2D eigenvalue weighted by atomic mass is 9.97. The topological polar surface area (TPSA) is 89.6 Å². The number of phenols is 1. The lowest BCUT2D eigenvalue weighted by Crippen LogP contribution is -2.17. The van der Waals surface area contributed by atoms with Crippen LogP contribution < -0.4 is 5.32 Å². The van der Waals surface area contributed by atoms with Gasteiger partial charge < -0.3 is 15.4 Å². The minimum atomic E-state index is 0.297. The van der Waals surface area contributed by atoms with Gasteiger partial charge >= 0.3 is 0 Å². The van der Waals surface area contributed by atoms with Crippen LogP contribution in [-0.2, 0) is 6.42 Å². The van der Waals surface area contributed by atoms with Gasteiger partial charge in [-0.1, -0.05) is 25.1 Å². The minimum Gasteiger partial charge on any atom is -0.508 e. The quantitative estimate of drug-likeness (QED) is 0.422. The van der Waals surface area contributed by atoms with Gasteiger partial charge in [-0.25, -0.2) is 4.98 Å². The molecule has 29 heavy (non-hydrogen) atoms. The Balaban J connectivity index is 1.52. The predicted molar refractivity (Wildman–Crippen MR) is 116 cm³/mol. The summed E-state index contributed by atoms with van der Waals surface area (Å²) in [7, 11) is 0. The van der Waals surface area contributed by atoms with E-state index in [9.17, 15) is 5.11 Å². The molecule has 3 heterocycles. The number of aromatic amines is 2. The zero-order chi connectivity index (χ0) is 20.0. The average Bonchev–Trinajstić information content (AvgIpc) is 3.46. The summed E-state index contributed by atoms with van der Waals surface area (Å²) < 4.78 is 0. The van der Waals surface area contributed by atoms with Gasteiger partial charge in [0.2, 0.25) is 0 Å². The molecule has 146 valence electrons. The van der Waals surface area contributed by atoms with E-state index >= 15 is 0 Å². The van der Waals surface area contributed by atoms with E-state index in [0.29, 0.717) is 11.8 Å². The van der Waals surface area contributed by atoms with Gasteiger partial charge in [0.05, 0.1) is 11.2 Å². The highest BCUT2D eigenvalue weighted by molar-refractivity contribution is 5.94. The van der Waals surface area contributed by atoms with Crippen molar-refractivity contribution in [1.82, 2.24) is 25.5 Å². The molecule has 0 fully saturated rings. The molecule has 6 nitrogen and oxygen atoms in total. The molecule has 4 aromatic rings. The highest BCUT2D eigenvalue weighted by Crippen LogP contribution is 2.32. The molecule has 0 radical (unpaired) electrons. The molecule has 1 aliphatic heterocycles. The third-order valence-electron chi connectivity index (χ3n) is 5.54. The van der Waals surface area contributed by atoms with Crippen LogP contribution >= 0.6 is 0 Å². The van der Waals surface area contributed by atoms with Crippen molar-refractivity contribution in [3.63, 3.8) is 0 Å². The molecule has 1 atom stereocenters. The molecule has 4 N–H and O–H groups in total. The number of nitrogens with one attached hydrogen (secondary N) is 3. The number of aromatic nitrogens is 4. The zero-order valence-corrected chi connectivity index (χ0v) is 16.5. The van der Waals surface area contributed by atoms with Crippen LogP contribution in [0, 0.1) is 0 Å². The molecule has 5 rings (SSSR count). The van der Waals surface area contributed by atoms with Gasteiger partial charge in [-0.15, -0.1) is 0 Å². The smallest absolute Gasteiger partial charge is 0.159 e. The van der Waals surface area contributed by atoms with Crippen molar-refractivity contribution in [3.8, 4) is 28.4 Å². The van der Waals surface area contributed by atoms with E-state index in [1.807, 2.05) is 18.3 Å². The Morgan fingerprint density at radius 2 is 2.07 bits per heavy atom. The summed E-state index contributed by atoms with van der Waals surface area (Å²) in [4.78, 5) is 8.04. The second kappa shape index (κ2) is 6.90. The van der Waals surface area contributed by atoms with E-state index in [4.69, 9.17) is 4.98 Å². The molecule has 0 saturated heterocycles. The first-order chi connectivity index (χ1) is 14.1. The third-order valence-corrected chi connectivity index (χ3v) is 5.54. The lowest BCUT2D eigenvalue weighted by molar-refractivity contribution is 0.474. The molecule has 1 unspecified atom stereocenters. The standard InChI is InChI=1S/C23H23N5O/c1-3-14-9-17(29)5-7-18(14)15-4-6-19-20(10-15)27-28-22(19)23-25-12-21(26-23)16-8-13(2)24-11-16/h4-10,12-13,24,29H,3,11H2,1-2H3,(H,25,26)(H,27,28). The zero-order valence-electron chi connectivity index (χ0n) is 16.5. The van der Waals surface area contributed by atoms with E-state index in [0.717, 1.165) is 57.8 Å². The maximum Gasteiger partial charge on any atom is 0.159 e. The normalized spacial score (nSPS) is 16.5. The van der Waals surface area contributed by atoms with Crippen LogP contribution in [0.2, 0.25) is 0 Å². The average molecular weight is 385 g/mol. The number of hydrogen-bond donors (Lipinski definition) is 4. The van der Waals surface area contributed by atoms with E-state index < -0.39 is 0 Å². The van der Waals surface area contributed by atoms with Crippen molar-refractivity contribution in [3.05, 3.63) is 59.9 Å². The number of phenolic OH excluding ortho intramolecular Hbond substituents is 1. The molecule has 1 aliphatic rings. The first-order valence-electron chi connectivity index (χ1n) is 9.93. The summed E-state index contributed by atoms with van der Waals surface area (Å²) >= 11 is 0. The molecule has 0 spiro atoms. The van der Waals surface area contributed by atoms with E-state index in [1.54, 1.807) is 6.07 Å². The molecule has 0 amide bonds. The Kier molecular flexibility index (Phi) is 4.21. The Hall–Kier alpha value is -3.38. The van der Waals surface area contributed by atoms with Gasteiger partial charge in [-0.2, -0.15) is 5.10 Å². The maximum atomic E-state index is 9.78. The summed E-state index contributed by atoms with van der Waals surface area (Å²) in [5, 5.41) is 21.9. The van der Waals surface area contributed by atoms with Crippen LogP contribution in [-0.4, -0.2) is 37.9 Å². The van der Waals surface area contributed by atoms with E-state index in [1.165, 1.54) is 5.57 Å². The summed E-state index contributed by atoms with van der Waals surface area (Å²) in [6.45, 7) is 5.07. The predicted octanol–water partition coefficient (Wildman–Crippen LogP) is 4.26. The molecule has 2 aromatic carbocycles. The molecular weight excluding hydrogens is 362 g/mol. The minimum absolute atomic E-state index is 0.297. The largest absolute Gasteiger partial charge is 0.508 e. The molecule has 0 saturated carbocycles. The number of fused-ring (bicyclic) bond motifs is 1. The van der Waals surface area contributed by atoms with E-state index in [-0.39, 0.29) is 0 Å². The van der Waals surface area contributed by atoms with Gasteiger partial charge in [0.15, 0.2) is 5.82 Å². The Bertz CT molecular complexity index is 1230. The van der Waals surface area contributed by atoms with Crippen LogP contribution in [0.1, 0.15) is 25.1 Å². The Labute approximate surface area is 168 Å². The van der Waals surface area contributed by atoms with Gasteiger partial charge in [-0.3, -0.25) is 5.10 Å². The lowest BCUT2D eigenvalue weighted by Gasteiger charge is -2.09. The summed E-state index contributed by atoms with van der Waals surface area (Å²) in [6.07, 6.45) is 5.01. The van der Waals surface area contributed by atoms with Crippen LogP contribution in [0.5, 0.6) is 5.75 Å². The van der Waals surface area contributed by atoms with Gasteiger partial charge in [-0.05, 0) is 59.9 Å². The number of rotatable bonds is 4. The Morgan fingerprint density at radius 1 is 1.17 bits per heavy atom. The number of H-pyrrole nitrogens is 2. The summed E-state index contributed by atoms with van der Waals surface area (Å²) in [5.74, 6) is 1.06. The number of imidazole rings is 1. The fourth-order valence-corrected chi connectivity index (χ4v) is 4.00. The third kappa shape index (κ3) is 3.11. The summed E-state index contributed by atoms with van der Waals surface area (Å²) in [6, 6.07) is 12.2. The van der Waals surface area contributed by atoms with Crippen molar-refractivity contribution in [2.75, 3.05) is 6.54 Å². The van der Waals surface area contributed by atoms with Crippen LogP contribution in [0.4, 0.5) is 0 Å². The number of nitrogens with zero attached hydrogens (tertiary/aromatic N) is 2. The number of benzene rings is 2.